The van der Waals surface area contributed by atoms with Crippen LogP contribution in [-0.4, -0.2) is 51.8 Å². The lowest BCUT2D eigenvalue weighted by molar-refractivity contribution is -0.154. The van der Waals surface area contributed by atoms with E-state index >= 15 is 0 Å². The van der Waals surface area contributed by atoms with Crippen molar-refractivity contribution in [2.45, 2.75) is 31.8 Å². The second-order valence-electron chi connectivity index (χ2n) is 10.4. The molecule has 190 valence electrons. The predicted octanol–water partition coefficient (Wildman–Crippen LogP) is 2.84. The number of urea groups is 1. The van der Waals surface area contributed by atoms with E-state index in [1.165, 1.54) is 16.2 Å². The molecule has 8 nitrogen and oxygen atoms in total. The maximum absolute atomic E-state index is 14.1. The highest BCUT2D eigenvalue weighted by molar-refractivity contribution is 7.09. The number of hydrogen-bond donors (Lipinski definition) is 1. The normalized spacial score (nSPS) is 25.6. The third-order valence-electron chi connectivity index (χ3n) is 7.84. The Morgan fingerprint density at radius 2 is 1.76 bits per heavy atom. The number of barbiturate groups is 1. The number of piperidine rings is 1. The molecule has 2 fully saturated rings. The van der Waals surface area contributed by atoms with Gasteiger partial charge >= 0.3 is 6.03 Å². The molecule has 1 N–H and O–H groups in total. The largest absolute Gasteiger partial charge is 0.331 e. The Morgan fingerprint density at radius 3 is 2.54 bits per heavy atom. The molecule has 0 aliphatic carbocycles. The summed E-state index contributed by atoms with van der Waals surface area (Å²) in [6, 6.07) is 17.9. The minimum absolute atomic E-state index is 0.0201. The van der Waals surface area contributed by atoms with Crippen LogP contribution in [0.5, 0.6) is 0 Å². The molecule has 4 amide bonds. The van der Waals surface area contributed by atoms with E-state index in [4.69, 9.17) is 0 Å². The van der Waals surface area contributed by atoms with Gasteiger partial charge in [0.2, 0.25) is 11.8 Å². The van der Waals surface area contributed by atoms with Gasteiger partial charge in [0, 0.05) is 55.2 Å². The first kappa shape index (κ1) is 23.8. The predicted molar refractivity (Wildman–Crippen MR) is 139 cm³/mol. The second kappa shape index (κ2) is 9.39. The van der Waals surface area contributed by atoms with E-state index in [1.54, 1.807) is 12.1 Å². The maximum atomic E-state index is 14.1. The quantitative estimate of drug-likeness (QED) is 0.509. The van der Waals surface area contributed by atoms with Crippen molar-refractivity contribution in [2.24, 2.45) is 11.3 Å². The van der Waals surface area contributed by atoms with Crippen LogP contribution in [0.4, 0.5) is 4.79 Å². The van der Waals surface area contributed by atoms with E-state index < -0.39 is 23.3 Å². The van der Waals surface area contributed by atoms with Crippen molar-refractivity contribution in [1.82, 2.24) is 19.7 Å². The van der Waals surface area contributed by atoms with E-state index in [0.717, 1.165) is 22.6 Å². The standard InChI is InChI=1S/C28H28N4O4S/c33-24-10-4-9-23-21-12-20(16-31(23)24)14-30(17-21)18-28(13-22-8-5-11-37-22)25(34)29-27(36)32(26(28)35)15-19-6-2-1-3-7-19/h1-11,20-21H,12-18H2,(H,29,34,36)/t20-,21+,28?/m1/s1. The fourth-order valence-corrected chi connectivity index (χ4v) is 7.03. The number of amides is 4. The molecule has 3 aromatic rings. The number of likely N-dealkylation sites (tertiary alicyclic amines) is 1. The Kier molecular flexibility index (Phi) is 6.04. The Morgan fingerprint density at radius 1 is 0.919 bits per heavy atom. The van der Waals surface area contributed by atoms with E-state index in [9.17, 15) is 19.2 Å². The summed E-state index contributed by atoms with van der Waals surface area (Å²) in [5.74, 6) is -0.573. The molecule has 0 spiro atoms. The van der Waals surface area contributed by atoms with Gasteiger partial charge in [0.1, 0.15) is 5.41 Å². The monoisotopic (exact) mass is 516 g/mol. The zero-order valence-corrected chi connectivity index (χ0v) is 21.2. The molecule has 6 rings (SSSR count). The lowest BCUT2D eigenvalue weighted by atomic mass is 9.77. The number of aromatic nitrogens is 1. The van der Waals surface area contributed by atoms with Crippen molar-refractivity contribution >= 4 is 29.2 Å². The van der Waals surface area contributed by atoms with Crippen molar-refractivity contribution < 1.29 is 14.4 Å². The summed E-state index contributed by atoms with van der Waals surface area (Å²) in [5, 5.41) is 4.44. The minimum Gasteiger partial charge on any atom is -0.312 e. The number of fused-ring (bicyclic) bond motifs is 4. The van der Waals surface area contributed by atoms with Crippen LogP contribution in [0.1, 0.15) is 28.5 Å². The van der Waals surface area contributed by atoms with Gasteiger partial charge in [0.25, 0.3) is 5.56 Å². The van der Waals surface area contributed by atoms with Crippen LogP contribution in [0.2, 0.25) is 0 Å². The number of rotatable bonds is 6. The molecule has 5 heterocycles. The lowest BCUT2D eigenvalue weighted by Crippen LogP contribution is -2.67. The van der Waals surface area contributed by atoms with Gasteiger partial charge < -0.3 is 9.47 Å². The van der Waals surface area contributed by atoms with E-state index in [1.807, 2.05) is 58.5 Å². The molecule has 37 heavy (non-hydrogen) atoms. The number of thiophene rings is 1. The summed E-state index contributed by atoms with van der Waals surface area (Å²) in [6.07, 6.45) is 1.21. The number of hydrogen-bond acceptors (Lipinski definition) is 6. The molecule has 3 aliphatic heterocycles. The van der Waals surface area contributed by atoms with Crippen LogP contribution in [0, 0.1) is 11.3 Å². The molecule has 1 unspecified atom stereocenters. The van der Waals surface area contributed by atoms with Crippen molar-refractivity contribution in [3.8, 4) is 0 Å². The third-order valence-corrected chi connectivity index (χ3v) is 8.72. The molecule has 0 radical (unpaired) electrons. The topological polar surface area (TPSA) is 91.7 Å². The van der Waals surface area contributed by atoms with Crippen LogP contribution in [0.25, 0.3) is 0 Å². The molecule has 3 atom stereocenters. The highest BCUT2D eigenvalue weighted by Gasteiger charge is 2.55. The third kappa shape index (κ3) is 4.32. The van der Waals surface area contributed by atoms with Crippen molar-refractivity contribution in [1.29, 1.82) is 0 Å². The number of pyridine rings is 1. The summed E-state index contributed by atoms with van der Waals surface area (Å²) in [5.41, 5.74) is 0.433. The molecular weight excluding hydrogens is 488 g/mol. The molecule has 1 aromatic carbocycles. The zero-order chi connectivity index (χ0) is 25.6. The van der Waals surface area contributed by atoms with Crippen LogP contribution in [0.15, 0.2) is 70.8 Å². The number of nitrogens with one attached hydrogen (secondary N) is 1. The minimum atomic E-state index is -1.42. The molecule has 2 bridgehead atoms. The summed E-state index contributed by atoms with van der Waals surface area (Å²) < 4.78 is 1.87. The fraction of sp³-hybridized carbons (Fsp3) is 0.357. The Hall–Kier alpha value is -3.56. The SMILES string of the molecule is O=C1NC(=O)C(Cc2cccs2)(CN2C[C@H]3C[C@@H](C2)c2cccc(=O)n2C3)C(=O)N1Cc1ccccc1. The first-order valence-corrected chi connectivity index (χ1v) is 13.5. The summed E-state index contributed by atoms with van der Waals surface area (Å²) in [4.78, 5) is 57.3. The Balaban J connectivity index is 1.33. The molecule has 3 aliphatic rings. The molecule has 0 saturated carbocycles. The second-order valence-corrected chi connectivity index (χ2v) is 11.4. The van der Waals surface area contributed by atoms with E-state index in [0.29, 0.717) is 19.6 Å². The first-order chi connectivity index (χ1) is 17.9. The zero-order valence-electron chi connectivity index (χ0n) is 20.3. The van der Waals surface area contributed by atoms with Gasteiger partial charge in [-0.1, -0.05) is 42.5 Å². The van der Waals surface area contributed by atoms with Crippen molar-refractivity contribution in [3.63, 3.8) is 0 Å². The summed E-state index contributed by atoms with van der Waals surface area (Å²) in [7, 11) is 0. The van der Waals surface area contributed by atoms with Gasteiger partial charge in [-0.05, 0) is 35.4 Å². The van der Waals surface area contributed by atoms with Gasteiger partial charge in [-0.25, -0.2) is 4.79 Å². The van der Waals surface area contributed by atoms with Crippen LogP contribution in [-0.2, 0) is 29.1 Å². The maximum Gasteiger partial charge on any atom is 0.331 e. The summed E-state index contributed by atoms with van der Waals surface area (Å²) >= 11 is 1.50. The molecule has 2 aromatic heterocycles. The van der Waals surface area contributed by atoms with Crippen LogP contribution < -0.4 is 10.9 Å². The van der Waals surface area contributed by atoms with Gasteiger partial charge in [0.15, 0.2) is 0 Å². The smallest absolute Gasteiger partial charge is 0.312 e. The van der Waals surface area contributed by atoms with Crippen LogP contribution >= 0.6 is 11.3 Å². The highest BCUT2D eigenvalue weighted by Crippen LogP contribution is 2.39. The van der Waals surface area contributed by atoms with E-state index in [2.05, 4.69) is 10.2 Å². The Labute approximate surface area is 218 Å². The average molecular weight is 517 g/mol. The summed E-state index contributed by atoms with van der Waals surface area (Å²) in [6.45, 7) is 2.30. The van der Waals surface area contributed by atoms with E-state index in [-0.39, 0.29) is 36.9 Å². The van der Waals surface area contributed by atoms with Gasteiger partial charge in [-0.15, -0.1) is 11.3 Å². The highest BCUT2D eigenvalue weighted by atomic mass is 32.1. The lowest BCUT2D eigenvalue weighted by Gasteiger charge is -2.47. The van der Waals surface area contributed by atoms with Gasteiger partial charge in [-0.2, -0.15) is 0 Å². The van der Waals surface area contributed by atoms with Crippen LogP contribution in [0.3, 0.4) is 0 Å². The number of carbonyl (C=O) groups excluding carboxylic acids is 3. The number of imide groups is 2. The Bertz CT molecular complexity index is 1400. The number of nitrogens with zero attached hydrogens (tertiary/aromatic N) is 3. The number of benzene rings is 1. The molecule has 2 saturated heterocycles. The van der Waals surface area contributed by atoms with Gasteiger partial charge in [0.05, 0.1) is 6.54 Å². The average Bonchev–Trinajstić information content (AvgIpc) is 3.40. The van der Waals surface area contributed by atoms with Crippen molar-refractivity contribution in [2.75, 3.05) is 19.6 Å². The fourth-order valence-electron chi connectivity index (χ4n) is 6.21. The first-order valence-electron chi connectivity index (χ1n) is 12.6. The molecular formula is C28H28N4O4S. The van der Waals surface area contributed by atoms with Gasteiger partial charge in [-0.3, -0.25) is 24.6 Å². The number of carbonyl (C=O) groups is 3. The van der Waals surface area contributed by atoms with Crippen molar-refractivity contribution in [3.05, 3.63) is 92.5 Å². The molecule has 9 heteroatoms.